The molecule has 0 aliphatic heterocycles. The van der Waals surface area contributed by atoms with Gasteiger partial charge in [0, 0.05) is 18.2 Å². The molecule has 1 rings (SSSR count). The molecule has 2 N–H and O–H groups in total. The molecule has 3 heteroatoms. The van der Waals surface area contributed by atoms with Gasteiger partial charge in [0.25, 0.3) is 0 Å². The Morgan fingerprint density at radius 3 is 2.64 bits per heavy atom. The fourth-order valence-corrected chi connectivity index (χ4v) is 1.28. The summed E-state index contributed by atoms with van der Waals surface area (Å²) in [6, 6.07) is 1.86. The van der Waals surface area contributed by atoms with Gasteiger partial charge in [-0.1, -0.05) is 27.2 Å². The maximum Gasteiger partial charge on any atom is 0.131 e. The van der Waals surface area contributed by atoms with Crippen molar-refractivity contribution in [2.75, 3.05) is 5.73 Å². The van der Waals surface area contributed by atoms with Gasteiger partial charge in [-0.2, -0.15) is 0 Å². The monoisotopic (exact) mass is 193 g/mol. The normalized spacial score (nSPS) is 10.9. The van der Waals surface area contributed by atoms with Crippen molar-refractivity contribution in [3.05, 3.63) is 17.6 Å². The first-order chi connectivity index (χ1) is 6.63. The van der Waals surface area contributed by atoms with Gasteiger partial charge in [-0.15, -0.1) is 0 Å². The first kappa shape index (κ1) is 11.0. The van der Waals surface area contributed by atoms with Gasteiger partial charge < -0.3 is 5.73 Å². The first-order valence-electron chi connectivity index (χ1n) is 5.26. The molecule has 0 saturated carbocycles. The lowest BCUT2D eigenvalue weighted by Gasteiger charge is -2.07. The van der Waals surface area contributed by atoms with Gasteiger partial charge in [0.1, 0.15) is 11.6 Å². The van der Waals surface area contributed by atoms with Crippen molar-refractivity contribution in [1.82, 2.24) is 9.97 Å². The molecule has 3 nitrogen and oxygen atoms in total. The summed E-state index contributed by atoms with van der Waals surface area (Å²) in [4.78, 5) is 8.70. The molecule has 0 aliphatic rings. The fraction of sp³-hybridized carbons (Fsp3) is 0.636. The van der Waals surface area contributed by atoms with Crippen LogP contribution in [0.15, 0.2) is 6.07 Å². The first-order valence-corrected chi connectivity index (χ1v) is 5.26. The van der Waals surface area contributed by atoms with E-state index in [1.165, 1.54) is 0 Å². The van der Waals surface area contributed by atoms with Gasteiger partial charge >= 0.3 is 0 Å². The molecule has 0 spiro atoms. The molecule has 0 fully saturated rings. The topological polar surface area (TPSA) is 51.8 Å². The number of aryl methyl sites for hydroxylation is 1. The van der Waals surface area contributed by atoms with E-state index in [1.807, 2.05) is 6.07 Å². The Morgan fingerprint density at radius 1 is 1.36 bits per heavy atom. The van der Waals surface area contributed by atoms with Crippen LogP contribution >= 0.6 is 0 Å². The Kier molecular flexibility index (Phi) is 3.86. The number of unbranched alkanes of at least 4 members (excludes halogenated alkanes) is 1. The Morgan fingerprint density at radius 2 is 2.07 bits per heavy atom. The van der Waals surface area contributed by atoms with E-state index in [4.69, 9.17) is 5.73 Å². The van der Waals surface area contributed by atoms with Crippen LogP contribution in [0.2, 0.25) is 0 Å². The average Bonchev–Trinajstić information content (AvgIpc) is 2.14. The Bertz CT molecular complexity index is 295. The molecule has 14 heavy (non-hydrogen) atoms. The molecule has 0 amide bonds. The van der Waals surface area contributed by atoms with Crippen molar-refractivity contribution in [3.8, 4) is 0 Å². The number of hydrogen-bond donors (Lipinski definition) is 1. The third-order valence-corrected chi connectivity index (χ3v) is 2.16. The lowest BCUT2D eigenvalue weighted by atomic mass is 10.1. The second-order valence-corrected chi connectivity index (χ2v) is 3.89. The van der Waals surface area contributed by atoms with Crippen molar-refractivity contribution in [3.63, 3.8) is 0 Å². The van der Waals surface area contributed by atoms with E-state index in [9.17, 15) is 0 Å². The SMILES string of the molecule is CCCCc1nc(N)cc(C(C)C)n1. The standard InChI is InChI=1S/C11H19N3/c1-4-5-6-11-13-9(8(2)3)7-10(12)14-11/h7-8H,4-6H2,1-3H3,(H2,12,13,14). The van der Waals surface area contributed by atoms with Gasteiger partial charge in [-0.25, -0.2) is 9.97 Å². The lowest BCUT2D eigenvalue weighted by Crippen LogP contribution is -2.04. The zero-order valence-corrected chi connectivity index (χ0v) is 9.25. The number of nitrogens with two attached hydrogens (primary N) is 1. The predicted octanol–water partition coefficient (Wildman–Crippen LogP) is 2.52. The Balaban J connectivity index is 2.84. The maximum absolute atomic E-state index is 5.72. The summed E-state index contributed by atoms with van der Waals surface area (Å²) in [5.74, 6) is 1.89. The second kappa shape index (κ2) is 4.94. The van der Waals surface area contributed by atoms with Crippen LogP contribution in [0, 0.1) is 0 Å². The number of nitrogens with zero attached hydrogens (tertiary/aromatic N) is 2. The quantitative estimate of drug-likeness (QED) is 0.799. The highest BCUT2D eigenvalue weighted by atomic mass is 14.9. The molecule has 0 unspecified atom stereocenters. The van der Waals surface area contributed by atoms with E-state index in [-0.39, 0.29) is 0 Å². The van der Waals surface area contributed by atoms with Gasteiger partial charge in [-0.3, -0.25) is 0 Å². The smallest absolute Gasteiger partial charge is 0.131 e. The van der Waals surface area contributed by atoms with Crippen molar-refractivity contribution in [2.24, 2.45) is 0 Å². The van der Waals surface area contributed by atoms with Crippen LogP contribution in [-0.4, -0.2) is 9.97 Å². The zero-order chi connectivity index (χ0) is 10.6. The van der Waals surface area contributed by atoms with Crippen LogP contribution in [0.25, 0.3) is 0 Å². The van der Waals surface area contributed by atoms with E-state index in [0.29, 0.717) is 11.7 Å². The minimum absolute atomic E-state index is 0.417. The molecule has 0 bridgehead atoms. The number of anilines is 1. The van der Waals surface area contributed by atoms with Gasteiger partial charge in [0.15, 0.2) is 0 Å². The van der Waals surface area contributed by atoms with Crippen LogP contribution in [0.3, 0.4) is 0 Å². The van der Waals surface area contributed by atoms with E-state index in [0.717, 1.165) is 30.8 Å². The van der Waals surface area contributed by atoms with Crippen LogP contribution in [0.5, 0.6) is 0 Å². The Labute approximate surface area is 85.8 Å². The molecule has 0 saturated heterocycles. The molecule has 1 aromatic heterocycles. The van der Waals surface area contributed by atoms with Crippen molar-refractivity contribution in [1.29, 1.82) is 0 Å². The van der Waals surface area contributed by atoms with Crippen LogP contribution in [0.4, 0.5) is 5.82 Å². The largest absolute Gasteiger partial charge is 0.384 e. The van der Waals surface area contributed by atoms with Crippen molar-refractivity contribution >= 4 is 5.82 Å². The molecule has 0 aliphatic carbocycles. The molecular formula is C11H19N3. The van der Waals surface area contributed by atoms with E-state index in [2.05, 4.69) is 30.7 Å². The summed E-state index contributed by atoms with van der Waals surface area (Å²) >= 11 is 0. The van der Waals surface area contributed by atoms with Gasteiger partial charge in [0.2, 0.25) is 0 Å². The summed E-state index contributed by atoms with van der Waals surface area (Å²) in [6.45, 7) is 6.40. The van der Waals surface area contributed by atoms with Crippen LogP contribution < -0.4 is 5.73 Å². The minimum Gasteiger partial charge on any atom is -0.384 e. The summed E-state index contributed by atoms with van der Waals surface area (Å²) in [5, 5.41) is 0. The van der Waals surface area contributed by atoms with Crippen molar-refractivity contribution < 1.29 is 0 Å². The molecule has 1 aromatic rings. The third-order valence-electron chi connectivity index (χ3n) is 2.16. The highest BCUT2D eigenvalue weighted by molar-refractivity contribution is 5.31. The summed E-state index contributed by atoms with van der Waals surface area (Å²) < 4.78 is 0. The number of hydrogen-bond acceptors (Lipinski definition) is 3. The predicted molar refractivity (Wildman–Crippen MR) is 59.1 cm³/mol. The molecular weight excluding hydrogens is 174 g/mol. The summed E-state index contributed by atoms with van der Waals surface area (Å²) in [6.07, 6.45) is 3.22. The van der Waals surface area contributed by atoms with E-state index >= 15 is 0 Å². The molecule has 78 valence electrons. The van der Waals surface area contributed by atoms with Crippen molar-refractivity contribution in [2.45, 2.75) is 46.0 Å². The van der Waals surface area contributed by atoms with E-state index in [1.54, 1.807) is 0 Å². The van der Waals surface area contributed by atoms with Gasteiger partial charge in [0.05, 0.1) is 0 Å². The zero-order valence-electron chi connectivity index (χ0n) is 9.25. The van der Waals surface area contributed by atoms with Gasteiger partial charge in [-0.05, 0) is 12.3 Å². The molecule has 0 radical (unpaired) electrons. The number of rotatable bonds is 4. The minimum atomic E-state index is 0.417. The third kappa shape index (κ3) is 2.98. The van der Waals surface area contributed by atoms with Crippen LogP contribution in [-0.2, 0) is 6.42 Å². The second-order valence-electron chi connectivity index (χ2n) is 3.89. The van der Waals surface area contributed by atoms with E-state index < -0.39 is 0 Å². The molecule has 0 aromatic carbocycles. The molecule has 1 heterocycles. The lowest BCUT2D eigenvalue weighted by molar-refractivity contribution is 0.728. The molecule has 0 atom stereocenters. The Hall–Kier alpha value is -1.12. The highest BCUT2D eigenvalue weighted by Gasteiger charge is 2.05. The fourth-order valence-electron chi connectivity index (χ4n) is 1.28. The number of nitrogen functional groups attached to an aromatic ring is 1. The summed E-state index contributed by atoms with van der Waals surface area (Å²) in [5.41, 5.74) is 6.76. The average molecular weight is 193 g/mol. The van der Waals surface area contributed by atoms with Crippen LogP contribution in [0.1, 0.15) is 51.0 Å². The maximum atomic E-state index is 5.72. The highest BCUT2D eigenvalue weighted by Crippen LogP contribution is 2.14. The summed E-state index contributed by atoms with van der Waals surface area (Å²) in [7, 11) is 0. The number of aromatic nitrogens is 2.